The quantitative estimate of drug-likeness (QED) is 0.423. The molecule has 1 atom stereocenters. The molecule has 4 heterocycles. The largest absolute Gasteiger partial charge is 0.416 e. The first-order chi connectivity index (χ1) is 16.3. The van der Waals surface area contributed by atoms with Crippen LogP contribution in [0.25, 0.3) is 22.6 Å². The van der Waals surface area contributed by atoms with Crippen LogP contribution in [0, 0.1) is 0 Å². The number of carbonyl (C=O) groups excluding carboxylic acids is 1. The molecule has 0 radical (unpaired) electrons. The van der Waals surface area contributed by atoms with Crippen LogP contribution in [0.4, 0.5) is 24.7 Å². The molecule has 0 bridgehead atoms. The minimum Gasteiger partial charge on any atom is -0.373 e. The van der Waals surface area contributed by atoms with Crippen LogP contribution in [-0.2, 0) is 6.18 Å². The van der Waals surface area contributed by atoms with Crippen molar-refractivity contribution in [1.29, 1.82) is 0 Å². The molecule has 0 saturated carbocycles. The summed E-state index contributed by atoms with van der Waals surface area (Å²) in [6.07, 6.45) is -1.26. The van der Waals surface area contributed by atoms with Crippen molar-refractivity contribution < 1.29 is 22.5 Å². The van der Waals surface area contributed by atoms with E-state index in [1.807, 2.05) is 6.92 Å². The third kappa shape index (κ3) is 4.36. The number of hydrogen-bond acceptors (Lipinski definition) is 6. The first-order valence-electron chi connectivity index (χ1n) is 10.4. The molecule has 0 aliphatic carbocycles. The number of benzene rings is 1. The number of fused-ring (bicyclic) bond motifs is 1. The second-order valence-electron chi connectivity index (χ2n) is 7.92. The Balaban J connectivity index is 0.00000289. The number of pyridine rings is 1. The Hall–Kier alpha value is -3.80. The summed E-state index contributed by atoms with van der Waals surface area (Å²) in [6.45, 7) is 2.15. The second kappa shape index (κ2) is 9.10. The van der Waals surface area contributed by atoms with Crippen molar-refractivity contribution in [2.75, 3.05) is 23.8 Å². The lowest BCUT2D eigenvalue weighted by Gasteiger charge is -2.32. The minimum absolute atomic E-state index is 0. The van der Waals surface area contributed by atoms with Gasteiger partial charge in [0.05, 0.1) is 23.4 Å². The van der Waals surface area contributed by atoms with Crippen LogP contribution in [0.2, 0.25) is 0 Å². The van der Waals surface area contributed by atoms with Crippen LogP contribution in [0.1, 0.15) is 29.0 Å². The monoisotopic (exact) mass is 502 g/mol. The lowest BCUT2D eigenvalue weighted by Crippen LogP contribution is -2.42. The van der Waals surface area contributed by atoms with Gasteiger partial charge in [0.15, 0.2) is 5.76 Å². The number of anilines is 2. The molecule has 35 heavy (non-hydrogen) atoms. The Kier molecular flexibility index (Phi) is 6.32. The van der Waals surface area contributed by atoms with Gasteiger partial charge in [0.25, 0.3) is 5.91 Å². The van der Waals surface area contributed by atoms with Crippen molar-refractivity contribution in [2.45, 2.75) is 19.1 Å². The van der Waals surface area contributed by atoms with Gasteiger partial charge in [-0.1, -0.05) is 5.16 Å². The molecular weight excluding hydrogens is 481 g/mol. The zero-order chi connectivity index (χ0) is 24.0. The molecule has 12 heteroatoms. The Morgan fingerprint density at radius 2 is 1.89 bits per heavy atom. The Morgan fingerprint density at radius 3 is 2.57 bits per heavy atom. The number of hydrogen-bond donors (Lipinski definition) is 1. The average Bonchev–Trinajstić information content (AvgIpc) is 3.49. The maximum atomic E-state index is 13.4. The highest BCUT2D eigenvalue weighted by Crippen LogP contribution is 2.35. The van der Waals surface area contributed by atoms with E-state index < -0.39 is 11.7 Å². The van der Waals surface area contributed by atoms with Crippen molar-refractivity contribution >= 4 is 30.9 Å². The number of halogens is 3. The molecule has 1 aromatic carbocycles. The molecule has 1 aliphatic heterocycles. The van der Waals surface area contributed by atoms with E-state index in [0.717, 1.165) is 17.7 Å². The van der Waals surface area contributed by atoms with Crippen LogP contribution in [0.15, 0.2) is 59.4 Å². The summed E-state index contributed by atoms with van der Waals surface area (Å²) in [5.74, 6) is 0.774. The van der Waals surface area contributed by atoms with E-state index in [9.17, 15) is 18.0 Å². The fraction of sp³-hybridized carbons (Fsp3) is 0.217. The summed E-state index contributed by atoms with van der Waals surface area (Å²) in [5, 5.41) is 11.5. The Morgan fingerprint density at radius 1 is 1.14 bits per heavy atom. The highest BCUT2D eigenvalue weighted by atomic mass is 32.1. The predicted octanol–water partition coefficient (Wildman–Crippen LogP) is 4.99. The normalized spacial score (nSPS) is 15.5. The van der Waals surface area contributed by atoms with Crippen LogP contribution in [0.3, 0.4) is 0 Å². The molecule has 8 nitrogen and oxygen atoms in total. The summed E-state index contributed by atoms with van der Waals surface area (Å²) >= 11 is 0. The van der Waals surface area contributed by atoms with Crippen molar-refractivity contribution in [3.8, 4) is 22.6 Å². The van der Waals surface area contributed by atoms with E-state index >= 15 is 0 Å². The number of amides is 1. The summed E-state index contributed by atoms with van der Waals surface area (Å²) < 4.78 is 46.0. The minimum atomic E-state index is -4.45. The van der Waals surface area contributed by atoms with Gasteiger partial charge in [-0.25, -0.2) is 4.98 Å². The highest BCUT2D eigenvalue weighted by molar-refractivity contribution is 7.59. The van der Waals surface area contributed by atoms with Gasteiger partial charge < -0.3 is 14.7 Å². The lowest BCUT2D eigenvalue weighted by atomic mass is 10.1. The van der Waals surface area contributed by atoms with Crippen molar-refractivity contribution in [1.82, 2.24) is 19.9 Å². The molecule has 4 aromatic rings. The second-order valence-corrected chi connectivity index (χ2v) is 7.92. The van der Waals surface area contributed by atoms with Gasteiger partial charge in [0.1, 0.15) is 17.2 Å². The fourth-order valence-corrected chi connectivity index (χ4v) is 3.96. The third-order valence-corrected chi connectivity index (χ3v) is 5.70. The van der Waals surface area contributed by atoms with Crippen LogP contribution >= 0.6 is 13.5 Å². The van der Waals surface area contributed by atoms with Crippen molar-refractivity contribution in [3.63, 3.8) is 0 Å². The molecule has 3 aromatic heterocycles. The Bertz CT molecular complexity index is 1370. The predicted molar refractivity (Wildman–Crippen MR) is 129 cm³/mol. The molecule has 0 spiro atoms. The molecule has 182 valence electrons. The summed E-state index contributed by atoms with van der Waals surface area (Å²) in [6, 6.07) is 9.63. The summed E-state index contributed by atoms with van der Waals surface area (Å²) in [4.78, 5) is 19.1. The first kappa shape index (κ1) is 24.3. The maximum absolute atomic E-state index is 13.4. The molecule has 0 fully saturated rings. The SMILES string of the molecule is CNc1cc(-c2cc(-c3cnn4c3C(=O)N(c3ccc(C(F)(F)F)cc3)C[C@@H]4C)no2)ccn1.S. The standard InChI is InChI=1S/C23H19F3N6O2.H2S/c1-13-12-31(16-5-3-15(4-6-16)23(24,25)26)22(33)21-17(11-29-32(13)21)18-10-19(34-30-18)14-7-8-28-20(9-14)27-2;/h3-11,13H,12H2,1-2H3,(H,27,28);1H2/t13-;/m0./s1. The van der Waals surface area contributed by atoms with E-state index in [-0.39, 0.29) is 32.0 Å². The molecule has 1 N–H and O–H groups in total. The highest BCUT2D eigenvalue weighted by Gasteiger charge is 2.35. The van der Waals surface area contributed by atoms with E-state index in [2.05, 4.69) is 20.6 Å². The van der Waals surface area contributed by atoms with Crippen molar-refractivity contribution in [2.24, 2.45) is 0 Å². The van der Waals surface area contributed by atoms with Gasteiger partial charge >= 0.3 is 6.18 Å². The van der Waals surface area contributed by atoms with E-state index in [1.165, 1.54) is 17.0 Å². The van der Waals surface area contributed by atoms with E-state index in [4.69, 9.17) is 4.52 Å². The molecular formula is C23H21F3N6O2S. The van der Waals surface area contributed by atoms with E-state index in [0.29, 0.717) is 34.2 Å². The zero-order valence-corrected chi connectivity index (χ0v) is 19.7. The van der Waals surface area contributed by atoms with Gasteiger partial charge in [-0.05, 0) is 43.3 Å². The smallest absolute Gasteiger partial charge is 0.373 e. The number of nitrogens with one attached hydrogen (secondary N) is 1. The van der Waals surface area contributed by atoms with Gasteiger partial charge in [-0.2, -0.15) is 31.8 Å². The van der Waals surface area contributed by atoms with Gasteiger partial charge in [-0.15, -0.1) is 0 Å². The zero-order valence-electron chi connectivity index (χ0n) is 18.7. The van der Waals surface area contributed by atoms with Crippen LogP contribution < -0.4 is 10.2 Å². The van der Waals surface area contributed by atoms with Crippen molar-refractivity contribution in [3.05, 3.63) is 66.1 Å². The molecule has 0 unspecified atom stereocenters. The van der Waals surface area contributed by atoms with Crippen LogP contribution in [0.5, 0.6) is 0 Å². The number of carbonyl (C=O) groups is 1. The van der Waals surface area contributed by atoms with E-state index in [1.54, 1.807) is 42.3 Å². The molecule has 1 aliphatic rings. The van der Waals surface area contributed by atoms with Gasteiger partial charge in [-0.3, -0.25) is 9.48 Å². The topological polar surface area (TPSA) is 89.1 Å². The third-order valence-electron chi connectivity index (χ3n) is 5.70. The van der Waals surface area contributed by atoms with Gasteiger partial charge in [0, 0.05) is 37.1 Å². The first-order valence-corrected chi connectivity index (χ1v) is 10.4. The number of alkyl halides is 3. The van der Waals surface area contributed by atoms with Gasteiger partial charge in [0.2, 0.25) is 0 Å². The fourth-order valence-electron chi connectivity index (χ4n) is 3.96. The number of nitrogens with zero attached hydrogens (tertiary/aromatic N) is 5. The lowest BCUT2D eigenvalue weighted by molar-refractivity contribution is -0.137. The molecule has 0 saturated heterocycles. The summed E-state index contributed by atoms with van der Waals surface area (Å²) in [7, 11) is 1.76. The number of rotatable bonds is 4. The molecule has 5 rings (SSSR count). The maximum Gasteiger partial charge on any atom is 0.416 e. The Labute approximate surface area is 205 Å². The van der Waals surface area contributed by atoms with Crippen LogP contribution in [-0.4, -0.2) is 39.4 Å². The number of aromatic nitrogens is 4. The average molecular weight is 503 g/mol. The molecule has 1 amide bonds. The summed E-state index contributed by atoms with van der Waals surface area (Å²) in [5.41, 5.74) is 1.56.